The van der Waals surface area contributed by atoms with Gasteiger partial charge in [0.1, 0.15) is 5.75 Å². The second kappa shape index (κ2) is 11.0. The van der Waals surface area contributed by atoms with Crippen molar-refractivity contribution in [2.75, 3.05) is 18.9 Å². The van der Waals surface area contributed by atoms with Crippen LogP contribution in [0.2, 0.25) is 0 Å². The molecule has 0 spiro atoms. The van der Waals surface area contributed by atoms with Crippen LogP contribution in [0.5, 0.6) is 5.75 Å². The van der Waals surface area contributed by atoms with Crippen LogP contribution in [0.3, 0.4) is 0 Å². The lowest BCUT2D eigenvalue weighted by atomic mass is 9.91. The van der Waals surface area contributed by atoms with Gasteiger partial charge in [0.15, 0.2) is 0 Å². The maximum atomic E-state index is 10.3. The van der Waals surface area contributed by atoms with Gasteiger partial charge in [0.05, 0.1) is 12.7 Å². The van der Waals surface area contributed by atoms with E-state index in [1.54, 1.807) is 0 Å². The molecule has 0 heterocycles. The summed E-state index contributed by atoms with van der Waals surface area (Å²) >= 11 is 1.91. The van der Waals surface area contributed by atoms with Gasteiger partial charge in [0, 0.05) is 10.6 Å². The minimum absolute atomic E-state index is 0.493. The van der Waals surface area contributed by atoms with Crippen LogP contribution in [0, 0.1) is 5.92 Å². The number of nitrogens with two attached hydrogens (primary N) is 1. The molecule has 0 aliphatic heterocycles. The van der Waals surface area contributed by atoms with Gasteiger partial charge >= 0.3 is 0 Å². The van der Waals surface area contributed by atoms with E-state index in [1.807, 2.05) is 17.8 Å². The summed E-state index contributed by atoms with van der Waals surface area (Å²) in [6, 6.07) is 6.21. The van der Waals surface area contributed by atoms with Gasteiger partial charge in [-0.2, -0.15) is 0 Å². The number of rotatable bonds is 10. The van der Waals surface area contributed by atoms with Crippen molar-refractivity contribution in [3.05, 3.63) is 23.8 Å². The molecule has 1 aliphatic carbocycles. The van der Waals surface area contributed by atoms with Gasteiger partial charge in [0.25, 0.3) is 0 Å². The van der Waals surface area contributed by atoms with E-state index in [0.717, 1.165) is 36.7 Å². The fourth-order valence-electron chi connectivity index (χ4n) is 3.18. The fourth-order valence-corrected chi connectivity index (χ4v) is 4.36. The second-order valence-electron chi connectivity index (χ2n) is 6.85. The van der Waals surface area contributed by atoms with Crippen LogP contribution >= 0.6 is 11.8 Å². The average Bonchev–Trinajstić information content (AvgIpc) is 2.61. The minimum atomic E-state index is -0.501. The van der Waals surface area contributed by atoms with E-state index in [2.05, 4.69) is 19.1 Å². The molecular weight excluding hydrogens is 318 g/mol. The molecule has 3 N–H and O–H groups in total. The first-order valence-corrected chi connectivity index (χ1v) is 10.5. The third-order valence-corrected chi connectivity index (χ3v) is 5.91. The zero-order chi connectivity index (χ0) is 17.2. The summed E-state index contributed by atoms with van der Waals surface area (Å²) in [6.07, 6.45) is 9.16. The Labute approximate surface area is 151 Å². The highest BCUT2D eigenvalue weighted by Crippen LogP contribution is 2.33. The Balaban J connectivity index is 2.02. The normalized spacial score (nSPS) is 17.0. The first-order valence-electron chi connectivity index (χ1n) is 9.51. The van der Waals surface area contributed by atoms with Gasteiger partial charge in [-0.3, -0.25) is 0 Å². The quantitative estimate of drug-likeness (QED) is 0.464. The molecule has 0 bridgehead atoms. The molecular formula is C20H33NO2S. The lowest BCUT2D eigenvalue weighted by Gasteiger charge is -2.21. The van der Waals surface area contributed by atoms with E-state index in [0.29, 0.717) is 13.0 Å². The maximum Gasteiger partial charge on any atom is 0.120 e. The van der Waals surface area contributed by atoms with E-state index in [9.17, 15) is 5.11 Å². The van der Waals surface area contributed by atoms with Crippen LogP contribution in [-0.4, -0.2) is 24.0 Å². The highest BCUT2D eigenvalue weighted by molar-refractivity contribution is 7.99. The van der Waals surface area contributed by atoms with E-state index in [1.165, 1.54) is 42.8 Å². The minimum Gasteiger partial charge on any atom is -0.494 e. The molecule has 136 valence electrons. The first kappa shape index (κ1) is 19.6. The molecule has 24 heavy (non-hydrogen) atoms. The average molecular weight is 352 g/mol. The summed E-state index contributed by atoms with van der Waals surface area (Å²) in [5, 5.41) is 10.3. The van der Waals surface area contributed by atoms with Gasteiger partial charge in [-0.1, -0.05) is 32.6 Å². The second-order valence-corrected chi connectivity index (χ2v) is 7.94. The summed E-state index contributed by atoms with van der Waals surface area (Å²) in [5.74, 6) is 2.89. The molecule has 3 nitrogen and oxygen atoms in total. The number of aliphatic hydroxyl groups is 1. The summed E-state index contributed by atoms with van der Waals surface area (Å²) in [6.45, 7) is 3.39. The lowest BCUT2D eigenvalue weighted by Crippen LogP contribution is -2.09. The van der Waals surface area contributed by atoms with Crippen molar-refractivity contribution in [1.82, 2.24) is 0 Å². The molecule has 1 atom stereocenters. The lowest BCUT2D eigenvalue weighted by molar-refractivity contribution is 0.169. The Morgan fingerprint density at radius 2 is 2.04 bits per heavy atom. The van der Waals surface area contributed by atoms with Crippen LogP contribution in [-0.2, 0) is 0 Å². The zero-order valence-corrected chi connectivity index (χ0v) is 15.8. The van der Waals surface area contributed by atoms with Crippen molar-refractivity contribution in [1.29, 1.82) is 0 Å². The Morgan fingerprint density at radius 1 is 1.25 bits per heavy atom. The van der Waals surface area contributed by atoms with Gasteiger partial charge in [-0.15, -0.1) is 11.8 Å². The van der Waals surface area contributed by atoms with E-state index in [-0.39, 0.29) is 0 Å². The molecule has 0 saturated heterocycles. The van der Waals surface area contributed by atoms with Crippen molar-refractivity contribution >= 4 is 11.8 Å². The summed E-state index contributed by atoms with van der Waals surface area (Å²) in [7, 11) is 0. The molecule has 0 amide bonds. The Kier molecular flexibility index (Phi) is 9.00. The van der Waals surface area contributed by atoms with E-state index >= 15 is 0 Å². The molecule has 1 aliphatic rings. The summed E-state index contributed by atoms with van der Waals surface area (Å²) in [5.41, 5.74) is 6.53. The molecule has 1 unspecified atom stereocenters. The molecule has 2 rings (SSSR count). The highest BCUT2D eigenvalue weighted by atomic mass is 32.2. The third kappa shape index (κ3) is 6.66. The summed E-state index contributed by atoms with van der Waals surface area (Å²) < 4.78 is 5.89. The molecule has 0 radical (unpaired) electrons. The zero-order valence-electron chi connectivity index (χ0n) is 15.0. The predicted molar refractivity (Wildman–Crippen MR) is 103 cm³/mol. The number of thioether (sulfide) groups is 1. The number of hydrogen-bond donors (Lipinski definition) is 2. The Bertz CT molecular complexity index is 475. The standard InChI is InChI=1S/C20H33NO2S/c1-2-3-11-23-18-12-17(20(22)9-10-21)13-19(14-18)24-15-16-7-5-4-6-8-16/h12-14,16,20,22H,2-11,15,21H2,1H3. The molecule has 1 aromatic carbocycles. The van der Waals surface area contributed by atoms with Crippen molar-refractivity contribution in [2.24, 2.45) is 11.7 Å². The first-order chi connectivity index (χ1) is 11.7. The Hall–Kier alpha value is -0.710. The largest absolute Gasteiger partial charge is 0.494 e. The van der Waals surface area contributed by atoms with Crippen LogP contribution in [0.1, 0.15) is 70.0 Å². The number of benzene rings is 1. The van der Waals surface area contributed by atoms with Gasteiger partial charge in [0.2, 0.25) is 0 Å². The van der Waals surface area contributed by atoms with Gasteiger partial charge in [-0.05, 0) is 61.9 Å². The van der Waals surface area contributed by atoms with Crippen LogP contribution in [0.4, 0.5) is 0 Å². The monoisotopic (exact) mass is 351 g/mol. The van der Waals surface area contributed by atoms with Crippen LogP contribution in [0.25, 0.3) is 0 Å². The summed E-state index contributed by atoms with van der Waals surface area (Å²) in [4.78, 5) is 1.21. The predicted octanol–water partition coefficient (Wildman–Crippen LogP) is 4.92. The fraction of sp³-hybridized carbons (Fsp3) is 0.700. The van der Waals surface area contributed by atoms with Crippen molar-refractivity contribution in [3.63, 3.8) is 0 Å². The van der Waals surface area contributed by atoms with E-state index < -0.39 is 6.10 Å². The number of hydrogen-bond acceptors (Lipinski definition) is 4. The van der Waals surface area contributed by atoms with Crippen LogP contribution in [0.15, 0.2) is 23.1 Å². The Morgan fingerprint density at radius 3 is 2.75 bits per heavy atom. The molecule has 1 aromatic rings. The number of ether oxygens (including phenoxy) is 1. The molecule has 0 aromatic heterocycles. The van der Waals surface area contributed by atoms with Gasteiger partial charge in [-0.25, -0.2) is 0 Å². The van der Waals surface area contributed by atoms with E-state index in [4.69, 9.17) is 10.5 Å². The molecule has 4 heteroatoms. The smallest absolute Gasteiger partial charge is 0.120 e. The highest BCUT2D eigenvalue weighted by Gasteiger charge is 2.15. The number of aliphatic hydroxyl groups excluding tert-OH is 1. The van der Waals surface area contributed by atoms with Gasteiger partial charge < -0.3 is 15.6 Å². The molecule has 1 saturated carbocycles. The SMILES string of the molecule is CCCCOc1cc(SCC2CCCCC2)cc(C(O)CCN)c1. The van der Waals surface area contributed by atoms with Crippen LogP contribution < -0.4 is 10.5 Å². The van der Waals surface area contributed by atoms with Crippen molar-refractivity contribution < 1.29 is 9.84 Å². The molecule has 1 fully saturated rings. The van der Waals surface area contributed by atoms with Crippen molar-refractivity contribution in [2.45, 2.75) is 69.3 Å². The van der Waals surface area contributed by atoms with Crippen molar-refractivity contribution in [3.8, 4) is 5.75 Å². The third-order valence-electron chi connectivity index (χ3n) is 4.70. The topological polar surface area (TPSA) is 55.5 Å². The maximum absolute atomic E-state index is 10.3. The number of unbranched alkanes of at least 4 members (excludes halogenated alkanes) is 1.